The number of ether oxygens (including phenoxy) is 1. The minimum Gasteiger partial charge on any atom is -0.490 e. The molecule has 0 aromatic heterocycles. The van der Waals surface area contributed by atoms with Gasteiger partial charge in [0.1, 0.15) is 11.9 Å². The van der Waals surface area contributed by atoms with Crippen LogP contribution in [0, 0.1) is 0 Å². The van der Waals surface area contributed by atoms with Gasteiger partial charge in [-0.05, 0) is 60.4 Å². The molecule has 1 atom stereocenters. The van der Waals surface area contributed by atoms with Gasteiger partial charge in [-0.3, -0.25) is 10.0 Å². The Labute approximate surface area is 133 Å². The molecule has 4 nitrogen and oxygen atoms in total. The maximum absolute atomic E-state index is 11.4. The van der Waals surface area contributed by atoms with Crippen LogP contribution in [0.25, 0.3) is 0 Å². The molecule has 0 radical (unpaired) electrons. The Balaban J connectivity index is 1.71. The fourth-order valence-electron chi connectivity index (χ4n) is 2.73. The molecular formula is C17H16ClNO3. The molecule has 0 fully saturated rings. The van der Waals surface area contributed by atoms with Gasteiger partial charge in [-0.15, -0.1) is 0 Å². The number of aryl methyl sites for hydroxylation is 1. The molecule has 114 valence electrons. The van der Waals surface area contributed by atoms with Crippen molar-refractivity contribution in [2.24, 2.45) is 0 Å². The van der Waals surface area contributed by atoms with E-state index in [0.29, 0.717) is 10.6 Å². The summed E-state index contributed by atoms with van der Waals surface area (Å²) in [6, 6.07) is 12.8. The lowest BCUT2D eigenvalue weighted by molar-refractivity contribution is 0.0706. The van der Waals surface area contributed by atoms with Gasteiger partial charge in [-0.2, -0.15) is 0 Å². The summed E-state index contributed by atoms with van der Waals surface area (Å²) in [4.78, 5) is 11.4. The molecule has 22 heavy (non-hydrogen) atoms. The van der Waals surface area contributed by atoms with Crippen molar-refractivity contribution in [3.05, 3.63) is 64.2 Å². The Morgan fingerprint density at radius 1 is 1.18 bits per heavy atom. The SMILES string of the molecule is O=C(NO)c1ccc2c(c1)CCC(Oc1ccc(Cl)cc1)C2. The molecule has 0 aliphatic heterocycles. The first-order chi connectivity index (χ1) is 10.7. The minimum atomic E-state index is -0.484. The molecule has 2 N–H and O–H groups in total. The largest absolute Gasteiger partial charge is 0.490 e. The van der Waals surface area contributed by atoms with Gasteiger partial charge < -0.3 is 4.74 Å². The fourth-order valence-corrected chi connectivity index (χ4v) is 2.86. The monoisotopic (exact) mass is 317 g/mol. The topological polar surface area (TPSA) is 58.6 Å². The Morgan fingerprint density at radius 3 is 2.68 bits per heavy atom. The van der Waals surface area contributed by atoms with Crippen molar-refractivity contribution in [3.63, 3.8) is 0 Å². The molecule has 0 saturated carbocycles. The van der Waals surface area contributed by atoms with Crippen LogP contribution in [0.15, 0.2) is 42.5 Å². The van der Waals surface area contributed by atoms with Gasteiger partial charge in [0.25, 0.3) is 5.91 Å². The van der Waals surface area contributed by atoms with Gasteiger partial charge in [0.15, 0.2) is 0 Å². The van der Waals surface area contributed by atoms with E-state index in [2.05, 4.69) is 0 Å². The number of benzene rings is 2. The lowest BCUT2D eigenvalue weighted by Gasteiger charge is -2.26. The molecular weight excluding hydrogens is 302 g/mol. The highest BCUT2D eigenvalue weighted by Gasteiger charge is 2.21. The number of hydrogen-bond acceptors (Lipinski definition) is 3. The van der Waals surface area contributed by atoms with E-state index in [1.165, 1.54) is 5.56 Å². The van der Waals surface area contributed by atoms with Crippen LogP contribution in [-0.2, 0) is 12.8 Å². The summed E-state index contributed by atoms with van der Waals surface area (Å²) < 4.78 is 5.99. The highest BCUT2D eigenvalue weighted by atomic mass is 35.5. The summed E-state index contributed by atoms with van der Waals surface area (Å²) >= 11 is 5.87. The summed E-state index contributed by atoms with van der Waals surface area (Å²) in [5, 5.41) is 9.38. The van der Waals surface area contributed by atoms with Crippen LogP contribution < -0.4 is 10.2 Å². The van der Waals surface area contributed by atoms with Crippen molar-refractivity contribution in [1.82, 2.24) is 5.48 Å². The quantitative estimate of drug-likeness (QED) is 0.674. The lowest BCUT2D eigenvalue weighted by Crippen LogP contribution is -2.26. The number of nitrogens with one attached hydrogen (secondary N) is 1. The van der Waals surface area contributed by atoms with Crippen molar-refractivity contribution in [1.29, 1.82) is 0 Å². The van der Waals surface area contributed by atoms with Crippen LogP contribution in [0.3, 0.4) is 0 Å². The molecule has 1 amide bonds. The third-order valence-electron chi connectivity index (χ3n) is 3.87. The lowest BCUT2D eigenvalue weighted by atomic mass is 9.88. The highest BCUT2D eigenvalue weighted by Crippen LogP contribution is 2.26. The van der Waals surface area contributed by atoms with Crippen LogP contribution in [0.4, 0.5) is 0 Å². The van der Waals surface area contributed by atoms with Crippen molar-refractivity contribution in [2.75, 3.05) is 0 Å². The molecule has 1 aliphatic rings. The molecule has 5 heteroatoms. The van der Waals surface area contributed by atoms with Crippen molar-refractivity contribution in [3.8, 4) is 5.75 Å². The van der Waals surface area contributed by atoms with Crippen molar-refractivity contribution >= 4 is 17.5 Å². The fraction of sp³-hybridized carbons (Fsp3) is 0.235. The van der Waals surface area contributed by atoms with Crippen LogP contribution >= 0.6 is 11.6 Å². The van der Waals surface area contributed by atoms with Crippen molar-refractivity contribution < 1.29 is 14.7 Å². The Bertz CT molecular complexity index is 685. The van der Waals surface area contributed by atoms with Crippen molar-refractivity contribution in [2.45, 2.75) is 25.4 Å². The number of halogens is 1. The van der Waals surface area contributed by atoms with E-state index < -0.39 is 5.91 Å². The number of hydrogen-bond donors (Lipinski definition) is 2. The molecule has 3 rings (SSSR count). The Hall–Kier alpha value is -2.04. The van der Waals surface area contributed by atoms with Gasteiger partial charge in [-0.1, -0.05) is 17.7 Å². The van der Waals surface area contributed by atoms with Gasteiger partial charge in [-0.25, -0.2) is 5.48 Å². The third kappa shape index (κ3) is 3.24. The molecule has 0 spiro atoms. The first-order valence-electron chi connectivity index (χ1n) is 7.14. The average Bonchev–Trinajstić information content (AvgIpc) is 2.55. The average molecular weight is 318 g/mol. The van der Waals surface area contributed by atoms with E-state index in [9.17, 15) is 4.79 Å². The summed E-state index contributed by atoms with van der Waals surface area (Å²) in [7, 11) is 0. The normalized spacial score (nSPS) is 16.7. The molecule has 1 aliphatic carbocycles. The third-order valence-corrected chi connectivity index (χ3v) is 4.12. The highest BCUT2D eigenvalue weighted by molar-refractivity contribution is 6.30. The van der Waals surface area contributed by atoms with E-state index >= 15 is 0 Å². The summed E-state index contributed by atoms with van der Waals surface area (Å²) in [6.07, 6.45) is 2.66. The number of fused-ring (bicyclic) bond motifs is 1. The maximum Gasteiger partial charge on any atom is 0.274 e. The Morgan fingerprint density at radius 2 is 1.95 bits per heavy atom. The zero-order valence-corrected chi connectivity index (χ0v) is 12.6. The van der Waals surface area contributed by atoms with Gasteiger partial charge in [0.2, 0.25) is 0 Å². The predicted molar refractivity (Wildman–Crippen MR) is 83.6 cm³/mol. The molecule has 2 aromatic rings. The summed E-state index contributed by atoms with van der Waals surface area (Å²) in [5.41, 5.74) is 4.45. The standard InChI is InChI=1S/C17H16ClNO3/c18-14-4-7-15(8-5-14)22-16-6-3-11-9-13(17(20)19-21)2-1-12(11)10-16/h1-2,4-5,7-9,16,21H,3,6,10H2,(H,19,20). The van der Waals surface area contributed by atoms with Gasteiger partial charge in [0.05, 0.1) is 0 Å². The second kappa shape index (κ2) is 6.38. The van der Waals surface area contributed by atoms with Crippen LogP contribution in [0.1, 0.15) is 27.9 Å². The first-order valence-corrected chi connectivity index (χ1v) is 7.52. The second-order valence-corrected chi connectivity index (χ2v) is 5.80. The van der Waals surface area contributed by atoms with Gasteiger partial charge in [0, 0.05) is 17.0 Å². The van der Waals surface area contributed by atoms with Crippen LogP contribution in [-0.4, -0.2) is 17.2 Å². The number of carbonyl (C=O) groups is 1. The summed E-state index contributed by atoms with van der Waals surface area (Å²) in [6.45, 7) is 0. The maximum atomic E-state index is 11.4. The second-order valence-electron chi connectivity index (χ2n) is 5.36. The minimum absolute atomic E-state index is 0.117. The van der Waals surface area contributed by atoms with E-state index in [1.54, 1.807) is 11.5 Å². The molecule has 2 aromatic carbocycles. The smallest absolute Gasteiger partial charge is 0.274 e. The summed E-state index contributed by atoms with van der Waals surface area (Å²) in [5.74, 6) is 0.330. The van der Waals surface area contributed by atoms with Crippen LogP contribution in [0.5, 0.6) is 5.75 Å². The molecule has 0 saturated heterocycles. The number of rotatable bonds is 3. The zero-order chi connectivity index (χ0) is 15.5. The van der Waals surface area contributed by atoms with E-state index in [1.807, 2.05) is 36.4 Å². The predicted octanol–water partition coefficient (Wildman–Crippen LogP) is 3.40. The number of carbonyl (C=O) groups excluding carboxylic acids is 1. The van der Waals surface area contributed by atoms with Gasteiger partial charge >= 0.3 is 0 Å². The molecule has 0 bridgehead atoms. The van der Waals surface area contributed by atoms with E-state index in [0.717, 1.165) is 30.6 Å². The van der Waals surface area contributed by atoms with Crippen LogP contribution in [0.2, 0.25) is 5.02 Å². The van der Waals surface area contributed by atoms with E-state index in [4.69, 9.17) is 21.5 Å². The zero-order valence-electron chi connectivity index (χ0n) is 11.9. The number of amides is 1. The first kappa shape index (κ1) is 14.9. The number of hydroxylamine groups is 1. The molecule has 0 heterocycles. The van der Waals surface area contributed by atoms with E-state index in [-0.39, 0.29) is 6.10 Å². The molecule has 1 unspecified atom stereocenters. The Kier molecular flexibility index (Phi) is 4.32.